The Morgan fingerprint density at radius 3 is 0.950 bits per heavy atom. The fraction of sp³-hybridized carbons (Fsp3) is 0.462. The van der Waals surface area contributed by atoms with Gasteiger partial charge in [0.25, 0.3) is 11.8 Å². The van der Waals surface area contributed by atoms with E-state index in [4.69, 9.17) is 0 Å². The van der Waals surface area contributed by atoms with Crippen LogP contribution in [0.1, 0.15) is 76.1 Å². The molecule has 0 radical (unpaired) electrons. The molecule has 10 nitrogen and oxygen atoms in total. The average molecular weight is 603 g/mol. The van der Waals surface area contributed by atoms with E-state index in [2.05, 4.69) is 30.5 Å². The van der Waals surface area contributed by atoms with Gasteiger partial charge in [-0.15, -0.1) is 0 Å². The van der Waals surface area contributed by atoms with Gasteiger partial charge in [-0.2, -0.15) is 0 Å². The molecule has 0 heterocycles. The van der Waals surface area contributed by atoms with Crippen molar-refractivity contribution in [1.82, 2.24) is 30.5 Å². The van der Waals surface area contributed by atoms with Crippen molar-refractivity contribution in [3.8, 4) is 0 Å². The number of benzene rings is 2. The number of hydrogen-bond acceptors (Lipinski definition) is 4. The van der Waals surface area contributed by atoms with Gasteiger partial charge < -0.3 is 0 Å². The van der Waals surface area contributed by atoms with Gasteiger partial charge in [0.05, 0.1) is 0 Å². The quantitative estimate of drug-likeness (QED) is 0.180. The number of carbonyl (C=O) groups excluding carboxylic acids is 2. The van der Waals surface area contributed by atoms with Crippen LogP contribution in [0.5, 0.6) is 0 Å². The number of rotatable bonds is 12. The van der Waals surface area contributed by atoms with Gasteiger partial charge in [0.1, 0.15) is 11.6 Å². The molecular formula is C26H42F2N6O4P2. The zero-order chi connectivity index (χ0) is 30.7. The lowest BCUT2D eigenvalue weighted by atomic mass is 10.2. The van der Waals surface area contributed by atoms with Crippen molar-refractivity contribution < 1.29 is 27.5 Å². The lowest BCUT2D eigenvalue weighted by Crippen LogP contribution is -2.40. The summed E-state index contributed by atoms with van der Waals surface area (Å²) in [4.78, 5) is 24.1. The van der Waals surface area contributed by atoms with Crippen molar-refractivity contribution in [3.05, 3.63) is 71.3 Å². The Labute approximate surface area is 235 Å². The van der Waals surface area contributed by atoms with E-state index in [0.717, 1.165) is 0 Å². The Hall–Kier alpha value is -2.46. The fourth-order valence-corrected chi connectivity index (χ4v) is 7.42. The Morgan fingerprint density at radius 2 is 0.750 bits per heavy atom. The summed E-state index contributed by atoms with van der Waals surface area (Å²) in [7, 11) is -6.52. The van der Waals surface area contributed by atoms with E-state index in [-0.39, 0.29) is 35.3 Å². The highest BCUT2D eigenvalue weighted by molar-refractivity contribution is 7.58. The van der Waals surface area contributed by atoms with Crippen LogP contribution in [0.15, 0.2) is 48.5 Å². The second-order valence-corrected chi connectivity index (χ2v) is 14.2. The molecule has 0 aliphatic rings. The molecule has 14 heteroatoms. The smallest absolute Gasteiger partial charge is 0.279 e. The van der Waals surface area contributed by atoms with Crippen LogP contribution in [-0.2, 0) is 9.13 Å². The maximum absolute atomic E-state index is 12.8. The van der Waals surface area contributed by atoms with E-state index in [9.17, 15) is 27.5 Å². The highest BCUT2D eigenvalue weighted by Crippen LogP contribution is 2.33. The number of nitrogens with one attached hydrogen (secondary N) is 6. The second-order valence-electron chi connectivity index (χ2n) is 10.2. The third-order valence-electron chi connectivity index (χ3n) is 4.49. The Bertz CT molecular complexity index is 1070. The van der Waals surface area contributed by atoms with Crippen molar-refractivity contribution in [2.75, 3.05) is 0 Å². The van der Waals surface area contributed by atoms with Gasteiger partial charge in [0, 0.05) is 35.3 Å². The molecule has 0 atom stereocenters. The fourth-order valence-electron chi connectivity index (χ4n) is 3.28. The van der Waals surface area contributed by atoms with Gasteiger partial charge in [0.2, 0.25) is 0 Å². The van der Waals surface area contributed by atoms with Crippen LogP contribution in [-0.4, -0.2) is 36.0 Å². The summed E-state index contributed by atoms with van der Waals surface area (Å²) in [5, 5.41) is 16.3. The molecule has 0 fully saturated rings. The predicted octanol–water partition coefficient (Wildman–Crippen LogP) is 5.32. The molecule has 2 amide bonds. The SMILES string of the molecule is CC(C)NP(=O)(NC(=O)c1ccc(F)cc1)NC(C)C.CC(C)NP(=O)(NC(=O)c1ccc(F)cc1)NC(C)C. The van der Waals surface area contributed by atoms with Crippen molar-refractivity contribution in [1.29, 1.82) is 0 Å². The molecule has 0 spiro atoms. The summed E-state index contributed by atoms with van der Waals surface area (Å²) >= 11 is 0. The number of carbonyl (C=O) groups is 2. The normalized spacial score (nSPS) is 11.9. The minimum absolute atomic E-state index is 0.0689. The lowest BCUT2D eigenvalue weighted by molar-refractivity contribution is 0.0970. The summed E-state index contributed by atoms with van der Waals surface area (Å²) < 4.78 is 51.0. The van der Waals surface area contributed by atoms with Crippen LogP contribution < -0.4 is 30.5 Å². The van der Waals surface area contributed by atoms with Crippen molar-refractivity contribution in [3.63, 3.8) is 0 Å². The van der Waals surface area contributed by atoms with Crippen molar-refractivity contribution in [2.45, 2.75) is 79.6 Å². The maximum atomic E-state index is 12.8. The molecule has 40 heavy (non-hydrogen) atoms. The van der Waals surface area contributed by atoms with Gasteiger partial charge in [-0.1, -0.05) is 0 Å². The monoisotopic (exact) mass is 602 g/mol. The van der Waals surface area contributed by atoms with Crippen molar-refractivity contribution in [2.24, 2.45) is 0 Å². The number of hydrogen-bond donors (Lipinski definition) is 6. The maximum Gasteiger partial charge on any atom is 0.306 e. The van der Waals surface area contributed by atoms with E-state index in [1.165, 1.54) is 48.5 Å². The first kappa shape index (κ1) is 35.6. The standard InChI is InChI=1S/2C13H21FN3O2P/c2*1-9(2)15-20(19,16-10(3)4)17-13(18)11-5-7-12(14)8-6-11/h2*5-10H,1-4H3,(H3,15,16,17,18,19). The minimum Gasteiger partial charge on any atom is -0.279 e. The molecule has 0 bridgehead atoms. The predicted molar refractivity (Wildman–Crippen MR) is 156 cm³/mol. The van der Waals surface area contributed by atoms with Gasteiger partial charge in [-0.25, -0.2) is 29.1 Å². The molecular weight excluding hydrogens is 560 g/mol. The molecule has 2 aromatic carbocycles. The third-order valence-corrected chi connectivity index (χ3v) is 9.05. The molecule has 224 valence electrons. The molecule has 2 aromatic rings. The van der Waals surface area contributed by atoms with E-state index in [1.807, 2.05) is 55.4 Å². The first-order valence-corrected chi connectivity index (χ1v) is 16.3. The van der Waals surface area contributed by atoms with Crippen LogP contribution in [0.25, 0.3) is 0 Å². The second kappa shape index (κ2) is 16.1. The first-order chi connectivity index (χ1) is 18.4. The summed E-state index contributed by atoms with van der Waals surface area (Å²) in [6, 6.07) is 9.86. The molecule has 0 aliphatic heterocycles. The molecule has 0 unspecified atom stereocenters. The van der Waals surface area contributed by atoms with Crippen molar-refractivity contribution >= 4 is 27.0 Å². The van der Waals surface area contributed by atoms with E-state index >= 15 is 0 Å². The van der Waals surface area contributed by atoms with Gasteiger partial charge in [-0.05, 0) is 104 Å². The summed E-state index contributed by atoms with van der Waals surface area (Å²) in [5.74, 6) is -1.89. The highest BCUT2D eigenvalue weighted by atomic mass is 31.2. The molecule has 0 aromatic heterocycles. The Kier molecular flexibility index (Phi) is 14.3. The van der Waals surface area contributed by atoms with Gasteiger partial charge in [-0.3, -0.25) is 28.9 Å². The lowest BCUT2D eigenvalue weighted by Gasteiger charge is -2.25. The Balaban J connectivity index is 0.000000400. The molecule has 6 N–H and O–H groups in total. The van der Waals surface area contributed by atoms with Gasteiger partial charge >= 0.3 is 15.2 Å². The largest absolute Gasteiger partial charge is 0.306 e. The third kappa shape index (κ3) is 13.7. The molecule has 0 aliphatic carbocycles. The van der Waals surface area contributed by atoms with E-state index in [1.54, 1.807) is 0 Å². The zero-order valence-electron chi connectivity index (χ0n) is 24.2. The Morgan fingerprint density at radius 1 is 0.525 bits per heavy atom. The number of halogens is 2. The average Bonchev–Trinajstić information content (AvgIpc) is 2.77. The van der Waals surface area contributed by atoms with Crippen LogP contribution >= 0.6 is 15.2 Å². The zero-order valence-corrected chi connectivity index (χ0v) is 26.0. The summed E-state index contributed by atoms with van der Waals surface area (Å²) in [6.07, 6.45) is 0. The molecule has 0 saturated heterocycles. The van der Waals surface area contributed by atoms with Crippen LogP contribution in [0.2, 0.25) is 0 Å². The number of amides is 2. The molecule has 2 rings (SSSR count). The van der Waals surface area contributed by atoms with Gasteiger partial charge in [0.15, 0.2) is 0 Å². The summed E-state index contributed by atoms with van der Waals surface area (Å²) in [5.41, 5.74) is 0.505. The van der Waals surface area contributed by atoms with Crippen LogP contribution in [0, 0.1) is 11.6 Å². The van der Waals surface area contributed by atoms with Crippen LogP contribution in [0.4, 0.5) is 8.78 Å². The highest BCUT2D eigenvalue weighted by Gasteiger charge is 2.27. The summed E-state index contributed by atoms with van der Waals surface area (Å²) in [6.45, 7) is 14.7. The van der Waals surface area contributed by atoms with Crippen LogP contribution in [0.3, 0.4) is 0 Å². The molecule has 0 saturated carbocycles. The first-order valence-electron chi connectivity index (χ1n) is 12.9. The minimum atomic E-state index is -3.26. The van der Waals surface area contributed by atoms with E-state index in [0.29, 0.717) is 0 Å². The topological polar surface area (TPSA) is 140 Å². The van der Waals surface area contributed by atoms with E-state index < -0.39 is 38.6 Å².